The van der Waals surface area contributed by atoms with Crippen molar-refractivity contribution >= 4 is 23.9 Å². The Morgan fingerprint density at radius 1 is 1.21 bits per heavy atom. The van der Waals surface area contributed by atoms with Gasteiger partial charge < -0.3 is 19.6 Å². The number of hydrogen-bond donors (Lipinski definition) is 2. The van der Waals surface area contributed by atoms with E-state index >= 15 is 0 Å². The number of aromatic nitrogens is 1. The largest absolute Gasteiger partial charge is 0.457 e. The van der Waals surface area contributed by atoms with E-state index in [0.717, 1.165) is 19.1 Å². The monoisotopic (exact) mass is 403 g/mol. The van der Waals surface area contributed by atoms with Crippen LogP contribution in [0.2, 0.25) is 0 Å². The predicted molar refractivity (Wildman–Crippen MR) is 109 cm³/mol. The summed E-state index contributed by atoms with van der Waals surface area (Å²) in [5, 5.41) is 5.25. The highest BCUT2D eigenvalue weighted by atomic mass is 19.1. The van der Waals surface area contributed by atoms with Crippen molar-refractivity contribution in [3.05, 3.63) is 42.3 Å². The zero-order valence-electron chi connectivity index (χ0n) is 17.0. The van der Waals surface area contributed by atoms with Gasteiger partial charge in [-0.25, -0.2) is 14.2 Å². The number of hydrogen-bond acceptors (Lipinski definition) is 6. The van der Waals surface area contributed by atoms with Gasteiger partial charge in [0.15, 0.2) is 5.82 Å². The number of pyridine rings is 1. The third kappa shape index (κ3) is 8.16. The lowest BCUT2D eigenvalue weighted by Gasteiger charge is -2.19. The lowest BCUT2D eigenvalue weighted by Crippen LogP contribution is -2.27. The molecule has 3 rings (SSSR count). The minimum absolute atomic E-state index is 0.0160. The third-order valence-electron chi connectivity index (χ3n) is 3.61. The van der Waals surface area contributed by atoms with Gasteiger partial charge in [0.25, 0.3) is 0 Å². The maximum atomic E-state index is 14.1. The Morgan fingerprint density at radius 3 is 2.41 bits per heavy atom. The van der Waals surface area contributed by atoms with Crippen LogP contribution >= 0.6 is 0 Å². The molecule has 8 heteroatoms. The van der Waals surface area contributed by atoms with Gasteiger partial charge in [-0.1, -0.05) is 0 Å². The summed E-state index contributed by atoms with van der Waals surface area (Å²) in [5.74, 6) is 1.28. The fraction of sp³-hybridized carbons (Fsp3) is 0.381. The first-order chi connectivity index (χ1) is 13.7. The summed E-state index contributed by atoms with van der Waals surface area (Å²) in [5.41, 5.74) is -0.641. The zero-order valence-corrected chi connectivity index (χ0v) is 17.0. The van der Waals surface area contributed by atoms with Crippen LogP contribution in [-0.4, -0.2) is 30.0 Å². The molecule has 1 aromatic carbocycles. The van der Waals surface area contributed by atoms with E-state index < -0.39 is 17.5 Å². The molecular formula is C21H26FN3O4. The second-order valence-electron chi connectivity index (χ2n) is 7.47. The maximum absolute atomic E-state index is 14.1. The Hall–Kier alpha value is -3.16. The van der Waals surface area contributed by atoms with Gasteiger partial charge in [-0.2, -0.15) is 0 Å². The number of amides is 1. The van der Waals surface area contributed by atoms with Crippen molar-refractivity contribution in [1.82, 2.24) is 4.98 Å². The molecule has 1 heterocycles. The first kappa shape index (κ1) is 22.1. The Bertz CT molecular complexity index is 848. The molecule has 29 heavy (non-hydrogen) atoms. The first-order valence-electron chi connectivity index (χ1n) is 9.26. The minimum atomic E-state index is -0.720. The number of rotatable bonds is 5. The molecule has 156 valence electrons. The van der Waals surface area contributed by atoms with Gasteiger partial charge in [0.1, 0.15) is 29.2 Å². The van der Waals surface area contributed by atoms with E-state index in [2.05, 4.69) is 15.6 Å². The number of ether oxygens (including phenoxy) is 2. The van der Waals surface area contributed by atoms with Gasteiger partial charge in [-0.05, 0) is 51.8 Å². The molecule has 1 aromatic heterocycles. The first-order valence-corrected chi connectivity index (χ1v) is 9.26. The van der Waals surface area contributed by atoms with Crippen molar-refractivity contribution in [3.63, 3.8) is 0 Å². The molecule has 0 atom stereocenters. The molecule has 0 bridgehead atoms. The fourth-order valence-electron chi connectivity index (χ4n) is 2.05. The normalized spacial score (nSPS) is 12.9. The highest BCUT2D eigenvalue weighted by molar-refractivity contribution is 5.85. The minimum Gasteiger partial charge on any atom is -0.457 e. The molecule has 0 radical (unpaired) electrons. The van der Waals surface area contributed by atoms with Crippen molar-refractivity contribution in [1.29, 1.82) is 0 Å². The van der Waals surface area contributed by atoms with E-state index in [-0.39, 0.29) is 5.69 Å². The van der Waals surface area contributed by atoms with E-state index in [0.29, 0.717) is 23.2 Å². The van der Waals surface area contributed by atoms with E-state index in [4.69, 9.17) is 9.47 Å². The summed E-state index contributed by atoms with van der Waals surface area (Å²) < 4.78 is 24.8. The Kier molecular flexibility index (Phi) is 7.52. The van der Waals surface area contributed by atoms with Crippen LogP contribution in [0.25, 0.3) is 0 Å². The summed E-state index contributed by atoms with van der Waals surface area (Å²) in [6, 6.07) is 7.49. The second-order valence-corrected chi connectivity index (χ2v) is 7.47. The number of aldehydes is 1. The molecule has 0 spiro atoms. The van der Waals surface area contributed by atoms with Gasteiger partial charge in [-0.3, -0.25) is 5.32 Å². The molecule has 1 saturated carbocycles. The summed E-state index contributed by atoms with van der Waals surface area (Å²) in [4.78, 5) is 25.3. The lowest BCUT2D eigenvalue weighted by molar-refractivity contribution is -0.108. The summed E-state index contributed by atoms with van der Waals surface area (Å²) in [7, 11) is 1.74. The average molecular weight is 403 g/mol. The zero-order chi connectivity index (χ0) is 21.4. The topological polar surface area (TPSA) is 89.6 Å². The van der Waals surface area contributed by atoms with Crippen LogP contribution in [0.1, 0.15) is 33.6 Å². The number of nitrogens with one attached hydrogen (secondary N) is 2. The Labute approximate surface area is 169 Å². The smallest absolute Gasteiger partial charge is 0.412 e. The SMILES string of the molecule is CNc1cc(Oc2ccc(NC(=O)OC(C)(C)C)c(F)c2)ccn1.O=CC1CC1. The van der Waals surface area contributed by atoms with E-state index in [1.54, 1.807) is 52.2 Å². The van der Waals surface area contributed by atoms with Crippen LogP contribution in [0.3, 0.4) is 0 Å². The molecule has 0 unspecified atom stereocenters. The van der Waals surface area contributed by atoms with Crippen molar-refractivity contribution in [3.8, 4) is 11.5 Å². The number of carbonyl (C=O) groups is 2. The molecule has 0 aliphatic heterocycles. The van der Waals surface area contributed by atoms with Gasteiger partial charge in [0.05, 0.1) is 5.69 Å². The molecule has 1 aliphatic carbocycles. The number of carbonyl (C=O) groups excluding carboxylic acids is 2. The van der Waals surface area contributed by atoms with E-state index in [1.807, 2.05) is 0 Å². The lowest BCUT2D eigenvalue weighted by atomic mass is 10.2. The standard InChI is InChI=1S/C17H20FN3O3.C4H6O/c1-17(2,3)24-16(22)21-14-6-5-11(9-13(14)18)23-12-7-8-20-15(10-12)19-4;5-3-4-1-2-4/h5-10H,1-4H3,(H,19,20)(H,21,22);3-4H,1-2H2. The predicted octanol–water partition coefficient (Wildman–Crippen LogP) is 5.00. The molecule has 0 saturated heterocycles. The summed E-state index contributed by atoms with van der Waals surface area (Å²) in [6.07, 6.45) is 4.17. The van der Waals surface area contributed by atoms with Crippen LogP contribution in [0, 0.1) is 11.7 Å². The van der Waals surface area contributed by atoms with E-state index in [9.17, 15) is 14.0 Å². The Balaban J connectivity index is 0.000000521. The van der Waals surface area contributed by atoms with Crippen LogP contribution in [-0.2, 0) is 9.53 Å². The molecule has 2 aromatic rings. The van der Waals surface area contributed by atoms with Crippen molar-refractivity contribution in [2.75, 3.05) is 17.7 Å². The molecule has 1 aliphatic rings. The number of nitrogens with zero attached hydrogens (tertiary/aromatic N) is 1. The average Bonchev–Trinajstić information content (AvgIpc) is 3.48. The highest BCUT2D eigenvalue weighted by Gasteiger charge is 2.19. The van der Waals surface area contributed by atoms with Crippen molar-refractivity contribution in [2.45, 2.75) is 39.2 Å². The Morgan fingerprint density at radius 2 is 1.90 bits per heavy atom. The number of benzene rings is 1. The third-order valence-corrected chi connectivity index (χ3v) is 3.61. The highest BCUT2D eigenvalue weighted by Crippen LogP contribution is 2.27. The second kappa shape index (κ2) is 9.86. The van der Waals surface area contributed by atoms with Crippen molar-refractivity contribution in [2.24, 2.45) is 5.92 Å². The summed E-state index contributed by atoms with van der Waals surface area (Å²) >= 11 is 0. The van der Waals surface area contributed by atoms with Crippen molar-refractivity contribution < 1.29 is 23.5 Å². The van der Waals surface area contributed by atoms with Crippen LogP contribution in [0.15, 0.2) is 36.5 Å². The molecule has 7 nitrogen and oxygen atoms in total. The quantitative estimate of drug-likeness (QED) is 0.683. The van der Waals surface area contributed by atoms with Crippen LogP contribution in [0.4, 0.5) is 20.7 Å². The molecular weight excluding hydrogens is 377 g/mol. The molecule has 1 fully saturated rings. The van der Waals surface area contributed by atoms with Crippen LogP contribution < -0.4 is 15.4 Å². The van der Waals surface area contributed by atoms with Crippen LogP contribution in [0.5, 0.6) is 11.5 Å². The molecule has 1 amide bonds. The fourth-order valence-corrected chi connectivity index (χ4v) is 2.05. The number of halogens is 1. The van der Waals surface area contributed by atoms with Gasteiger partial charge >= 0.3 is 6.09 Å². The van der Waals surface area contributed by atoms with Gasteiger partial charge in [0, 0.05) is 31.3 Å². The number of anilines is 2. The van der Waals surface area contributed by atoms with Gasteiger partial charge in [-0.15, -0.1) is 0 Å². The van der Waals surface area contributed by atoms with E-state index in [1.165, 1.54) is 12.1 Å². The summed E-state index contributed by atoms with van der Waals surface area (Å²) in [6.45, 7) is 5.19. The van der Waals surface area contributed by atoms with Gasteiger partial charge in [0.2, 0.25) is 0 Å². The maximum Gasteiger partial charge on any atom is 0.412 e. The molecule has 2 N–H and O–H groups in total.